The van der Waals surface area contributed by atoms with Gasteiger partial charge in [-0.05, 0) is 19.4 Å². The van der Waals surface area contributed by atoms with E-state index in [-0.39, 0.29) is 18.2 Å². The fourth-order valence-electron chi connectivity index (χ4n) is 1.18. The quantitative estimate of drug-likeness (QED) is 0.654. The fourth-order valence-corrected chi connectivity index (χ4v) is 1.98. The van der Waals surface area contributed by atoms with Gasteiger partial charge in [0.1, 0.15) is 11.1 Å². The molecule has 1 rings (SSSR count). The van der Waals surface area contributed by atoms with Crippen molar-refractivity contribution in [3.8, 4) is 0 Å². The molecule has 0 aromatic heterocycles. The number of halogens is 3. The Kier molecular flexibility index (Phi) is 4.85. The average Bonchev–Trinajstić information content (AvgIpc) is 2.01. The molecule has 2 nitrogen and oxygen atoms in total. The van der Waals surface area contributed by atoms with Crippen molar-refractivity contribution in [1.82, 2.24) is 0 Å². The first-order valence-corrected chi connectivity index (χ1v) is 4.64. The first-order chi connectivity index (χ1) is 5.95. The molecule has 3 N–H and O–H groups in total. The molecule has 0 fully saturated rings. The van der Waals surface area contributed by atoms with Crippen LogP contribution in [0.5, 0.6) is 0 Å². The number of hydrogen-bond acceptors (Lipinski definition) is 2. The van der Waals surface area contributed by atoms with Gasteiger partial charge < -0.3 is 10.8 Å². The Bertz CT molecular complexity index is 327. The molecule has 0 aromatic carbocycles. The van der Waals surface area contributed by atoms with E-state index in [1.807, 2.05) is 13.8 Å². The summed E-state index contributed by atoms with van der Waals surface area (Å²) in [5.74, 6) is 0.0415. The first kappa shape index (κ1) is 13.7. The van der Waals surface area contributed by atoms with Gasteiger partial charge in [-0.25, -0.2) is 0 Å². The van der Waals surface area contributed by atoms with E-state index < -0.39 is 5.38 Å². The number of allylic oxidation sites excluding steroid dienone is 4. The van der Waals surface area contributed by atoms with E-state index in [1.54, 1.807) is 0 Å². The van der Waals surface area contributed by atoms with Gasteiger partial charge in [-0.2, -0.15) is 0 Å². The number of aliphatic hydroxyl groups excluding tert-OH is 1. The standard InChI is InChI=1S/C9H11Cl2NO.ClH/c1-4(2)7-8(10)5(12)3-6(13)9(7)11;/h3,9,13H,12H2,1-2H3;1H. The van der Waals surface area contributed by atoms with Gasteiger partial charge in [-0.1, -0.05) is 17.2 Å². The number of alkyl halides is 1. The van der Waals surface area contributed by atoms with E-state index >= 15 is 0 Å². The van der Waals surface area contributed by atoms with Crippen LogP contribution < -0.4 is 5.73 Å². The topological polar surface area (TPSA) is 46.2 Å². The summed E-state index contributed by atoms with van der Waals surface area (Å²) in [6, 6.07) is 0. The van der Waals surface area contributed by atoms with Gasteiger partial charge in [-0.15, -0.1) is 24.0 Å². The number of hydrogen-bond donors (Lipinski definition) is 2. The number of nitrogens with two attached hydrogens (primary N) is 1. The van der Waals surface area contributed by atoms with Crippen molar-refractivity contribution in [3.05, 3.63) is 33.7 Å². The third-order valence-electron chi connectivity index (χ3n) is 1.85. The van der Waals surface area contributed by atoms with E-state index in [1.165, 1.54) is 6.08 Å². The summed E-state index contributed by atoms with van der Waals surface area (Å²) in [5.41, 5.74) is 7.58. The molecule has 0 aromatic rings. The van der Waals surface area contributed by atoms with Crippen molar-refractivity contribution in [3.63, 3.8) is 0 Å². The molecule has 14 heavy (non-hydrogen) atoms. The van der Waals surface area contributed by atoms with E-state index in [0.717, 1.165) is 5.57 Å². The molecule has 1 unspecified atom stereocenters. The smallest absolute Gasteiger partial charge is 0.117 e. The maximum atomic E-state index is 9.41. The fraction of sp³-hybridized carbons (Fsp3) is 0.333. The molecule has 0 saturated heterocycles. The molecule has 0 heterocycles. The second kappa shape index (κ2) is 4.96. The van der Waals surface area contributed by atoms with Crippen LogP contribution in [0.2, 0.25) is 0 Å². The van der Waals surface area contributed by atoms with Gasteiger partial charge in [-0.3, -0.25) is 0 Å². The van der Waals surface area contributed by atoms with Crippen molar-refractivity contribution in [2.45, 2.75) is 19.2 Å². The minimum atomic E-state index is -0.579. The zero-order valence-electron chi connectivity index (χ0n) is 7.84. The molecule has 5 heteroatoms. The highest BCUT2D eigenvalue weighted by Gasteiger charge is 2.25. The van der Waals surface area contributed by atoms with Crippen LogP contribution in [0.3, 0.4) is 0 Å². The van der Waals surface area contributed by atoms with Gasteiger partial charge in [0, 0.05) is 6.08 Å². The summed E-state index contributed by atoms with van der Waals surface area (Å²) in [6.45, 7) is 3.75. The van der Waals surface area contributed by atoms with Crippen molar-refractivity contribution in [2.24, 2.45) is 5.73 Å². The molecule has 0 bridgehead atoms. The lowest BCUT2D eigenvalue weighted by Crippen LogP contribution is -2.17. The molecule has 1 aliphatic carbocycles. The minimum absolute atomic E-state index is 0. The van der Waals surface area contributed by atoms with Gasteiger partial charge >= 0.3 is 0 Å². The van der Waals surface area contributed by atoms with Gasteiger partial charge in [0.25, 0.3) is 0 Å². The van der Waals surface area contributed by atoms with Crippen LogP contribution in [0.4, 0.5) is 0 Å². The van der Waals surface area contributed by atoms with Gasteiger partial charge in [0.05, 0.1) is 10.7 Å². The normalized spacial score (nSPS) is 21.6. The Morgan fingerprint density at radius 1 is 1.50 bits per heavy atom. The molecular weight excluding hydrogens is 244 g/mol. The summed E-state index contributed by atoms with van der Waals surface area (Å²) in [5, 5.41) is 9.26. The molecule has 1 atom stereocenters. The minimum Gasteiger partial charge on any atom is -0.510 e. The highest BCUT2D eigenvalue weighted by Crippen LogP contribution is 2.34. The lowest BCUT2D eigenvalue weighted by atomic mass is 9.99. The zero-order valence-corrected chi connectivity index (χ0v) is 10.2. The van der Waals surface area contributed by atoms with Crippen LogP contribution in [0, 0.1) is 0 Å². The average molecular weight is 257 g/mol. The van der Waals surface area contributed by atoms with E-state index in [4.69, 9.17) is 28.9 Å². The summed E-state index contributed by atoms with van der Waals surface area (Å²) >= 11 is 11.9. The molecule has 0 radical (unpaired) electrons. The third kappa shape index (κ3) is 2.38. The maximum Gasteiger partial charge on any atom is 0.117 e. The Labute approximate surface area is 99.5 Å². The highest BCUT2D eigenvalue weighted by atomic mass is 35.5. The summed E-state index contributed by atoms with van der Waals surface area (Å²) in [6.07, 6.45) is 1.38. The van der Waals surface area contributed by atoms with Crippen molar-refractivity contribution < 1.29 is 5.11 Å². The van der Waals surface area contributed by atoms with E-state index in [9.17, 15) is 5.11 Å². The van der Waals surface area contributed by atoms with Crippen LogP contribution in [-0.4, -0.2) is 10.5 Å². The third-order valence-corrected chi connectivity index (χ3v) is 2.71. The molecule has 0 spiro atoms. The lowest BCUT2D eigenvalue weighted by molar-refractivity contribution is 0.398. The Hall–Kier alpha value is -0.310. The van der Waals surface area contributed by atoms with Crippen molar-refractivity contribution >= 4 is 35.6 Å². The van der Waals surface area contributed by atoms with Crippen LogP contribution in [0.25, 0.3) is 0 Å². The van der Waals surface area contributed by atoms with Crippen molar-refractivity contribution in [1.29, 1.82) is 0 Å². The molecule has 1 aliphatic rings. The molecule has 0 aliphatic heterocycles. The van der Waals surface area contributed by atoms with Crippen LogP contribution in [0.1, 0.15) is 13.8 Å². The number of aliphatic hydroxyl groups is 1. The predicted molar refractivity (Wildman–Crippen MR) is 63.0 cm³/mol. The van der Waals surface area contributed by atoms with Gasteiger partial charge in [0.2, 0.25) is 0 Å². The monoisotopic (exact) mass is 255 g/mol. The Morgan fingerprint density at radius 3 is 2.43 bits per heavy atom. The second-order valence-electron chi connectivity index (χ2n) is 3.11. The van der Waals surface area contributed by atoms with Crippen molar-refractivity contribution in [2.75, 3.05) is 0 Å². The number of rotatable bonds is 0. The zero-order chi connectivity index (χ0) is 10.2. The summed E-state index contributed by atoms with van der Waals surface area (Å²) < 4.78 is 0. The molecule has 80 valence electrons. The molecule has 0 amide bonds. The summed E-state index contributed by atoms with van der Waals surface area (Å²) in [4.78, 5) is 0. The van der Waals surface area contributed by atoms with E-state index in [0.29, 0.717) is 16.3 Å². The maximum absolute atomic E-state index is 9.41. The predicted octanol–water partition coefficient (Wildman–Crippen LogP) is 3.22. The first-order valence-electron chi connectivity index (χ1n) is 3.82. The van der Waals surface area contributed by atoms with Crippen LogP contribution in [-0.2, 0) is 0 Å². The molecular formula is C9H12Cl3NO. The van der Waals surface area contributed by atoms with E-state index in [2.05, 4.69) is 0 Å². The van der Waals surface area contributed by atoms with Crippen LogP contribution >= 0.6 is 35.6 Å². The Balaban J connectivity index is 0.00000169. The van der Waals surface area contributed by atoms with Crippen LogP contribution in [0.15, 0.2) is 33.7 Å². The lowest BCUT2D eigenvalue weighted by Gasteiger charge is -2.20. The SMILES string of the molecule is CC(C)=C1C(Cl)=C(N)C=C(O)C1Cl.Cl. The Morgan fingerprint density at radius 2 is 2.00 bits per heavy atom. The summed E-state index contributed by atoms with van der Waals surface area (Å²) in [7, 11) is 0. The van der Waals surface area contributed by atoms with Gasteiger partial charge in [0.15, 0.2) is 0 Å². The second-order valence-corrected chi connectivity index (χ2v) is 3.93. The molecule has 0 saturated carbocycles. The highest BCUT2D eigenvalue weighted by molar-refractivity contribution is 6.35. The largest absolute Gasteiger partial charge is 0.510 e.